The molecule has 0 spiro atoms. The lowest BCUT2D eigenvalue weighted by Crippen LogP contribution is -2.39. The molecule has 1 aromatic carbocycles. The fourth-order valence-corrected chi connectivity index (χ4v) is 4.17. The highest BCUT2D eigenvalue weighted by atomic mass is 16.2. The van der Waals surface area contributed by atoms with Gasteiger partial charge in [0.05, 0.1) is 0 Å². The number of para-hydroxylation sites is 1. The van der Waals surface area contributed by atoms with E-state index in [1.54, 1.807) is 0 Å². The Morgan fingerprint density at radius 3 is 2.83 bits per heavy atom. The third-order valence-corrected chi connectivity index (χ3v) is 5.83. The fourth-order valence-electron chi connectivity index (χ4n) is 4.17. The second-order valence-electron chi connectivity index (χ2n) is 8.13. The fraction of sp³-hybridized carbons (Fsp3) is 0.652. The van der Waals surface area contributed by atoms with E-state index in [4.69, 9.17) is 4.99 Å². The van der Waals surface area contributed by atoms with Crippen molar-refractivity contribution in [1.82, 2.24) is 15.5 Å². The van der Waals surface area contributed by atoms with Gasteiger partial charge in [0.1, 0.15) is 0 Å². The molecule has 6 nitrogen and oxygen atoms in total. The van der Waals surface area contributed by atoms with Gasteiger partial charge >= 0.3 is 0 Å². The van der Waals surface area contributed by atoms with Crippen LogP contribution < -0.4 is 15.5 Å². The Kier molecular flexibility index (Phi) is 8.65. The number of likely N-dealkylation sites (tertiary alicyclic amines) is 1. The number of nitrogens with one attached hydrogen (secondary N) is 2. The van der Waals surface area contributed by atoms with Gasteiger partial charge in [-0.2, -0.15) is 0 Å². The lowest BCUT2D eigenvalue weighted by Gasteiger charge is -2.21. The molecule has 1 unspecified atom stereocenters. The van der Waals surface area contributed by atoms with E-state index in [1.807, 2.05) is 4.90 Å². The number of hydrogen-bond acceptors (Lipinski definition) is 3. The molecule has 1 aromatic rings. The molecule has 160 valence electrons. The first-order valence-electron chi connectivity index (χ1n) is 11.4. The maximum Gasteiger partial charge on any atom is 0.222 e. The Bertz CT molecular complexity index is 648. The highest BCUT2D eigenvalue weighted by molar-refractivity contribution is 5.79. The molecule has 29 heavy (non-hydrogen) atoms. The SMILES string of the molecule is CCNC(=NCC1CCN(c2ccccc2)C1)NCCCN1CCCCCC1=O. The molecule has 3 rings (SSSR count). The molecule has 1 atom stereocenters. The number of aliphatic imine (C=N–C) groups is 1. The lowest BCUT2D eigenvalue weighted by molar-refractivity contribution is -0.130. The second-order valence-corrected chi connectivity index (χ2v) is 8.13. The number of carbonyl (C=O) groups excluding carboxylic acids is 1. The van der Waals surface area contributed by atoms with Crippen molar-refractivity contribution in [3.05, 3.63) is 30.3 Å². The number of rotatable bonds is 8. The Labute approximate surface area is 175 Å². The molecule has 2 saturated heterocycles. The molecule has 2 heterocycles. The van der Waals surface area contributed by atoms with Gasteiger partial charge in [0.2, 0.25) is 5.91 Å². The van der Waals surface area contributed by atoms with Crippen LogP contribution in [0.3, 0.4) is 0 Å². The molecule has 2 aliphatic heterocycles. The maximum absolute atomic E-state index is 12.1. The highest BCUT2D eigenvalue weighted by Crippen LogP contribution is 2.23. The standard InChI is InChI=1S/C23H37N5O/c1-2-24-23(25-14-9-16-27-15-8-4-7-12-22(27)29)26-18-20-13-17-28(19-20)21-10-5-3-6-11-21/h3,5-6,10-11,20H,2,4,7-9,12-19H2,1H3,(H2,24,25,26). The van der Waals surface area contributed by atoms with E-state index in [2.05, 4.69) is 52.8 Å². The Morgan fingerprint density at radius 2 is 2.00 bits per heavy atom. The summed E-state index contributed by atoms with van der Waals surface area (Å²) in [6.45, 7) is 8.60. The van der Waals surface area contributed by atoms with Gasteiger partial charge in [0.25, 0.3) is 0 Å². The minimum atomic E-state index is 0.326. The smallest absolute Gasteiger partial charge is 0.222 e. The summed E-state index contributed by atoms with van der Waals surface area (Å²) in [7, 11) is 0. The first kappa shape index (κ1) is 21.5. The van der Waals surface area contributed by atoms with Gasteiger partial charge in [0, 0.05) is 57.9 Å². The lowest BCUT2D eigenvalue weighted by atomic mass is 10.1. The van der Waals surface area contributed by atoms with Gasteiger partial charge in [-0.1, -0.05) is 24.6 Å². The van der Waals surface area contributed by atoms with Crippen molar-refractivity contribution in [3.8, 4) is 0 Å². The Balaban J connectivity index is 1.40. The summed E-state index contributed by atoms with van der Waals surface area (Å²) < 4.78 is 0. The van der Waals surface area contributed by atoms with Crippen LogP contribution in [0.2, 0.25) is 0 Å². The predicted octanol–water partition coefficient (Wildman–Crippen LogP) is 2.86. The van der Waals surface area contributed by atoms with Crippen molar-refractivity contribution in [1.29, 1.82) is 0 Å². The van der Waals surface area contributed by atoms with Crippen LogP contribution in [0.4, 0.5) is 5.69 Å². The van der Waals surface area contributed by atoms with Crippen LogP contribution in [0.5, 0.6) is 0 Å². The van der Waals surface area contributed by atoms with Gasteiger partial charge in [-0.15, -0.1) is 0 Å². The van der Waals surface area contributed by atoms with Crippen molar-refractivity contribution in [2.45, 2.75) is 45.4 Å². The molecular formula is C23H37N5O. The summed E-state index contributed by atoms with van der Waals surface area (Å²) in [6.07, 6.45) is 6.24. The predicted molar refractivity (Wildman–Crippen MR) is 120 cm³/mol. The first-order valence-corrected chi connectivity index (χ1v) is 11.4. The van der Waals surface area contributed by atoms with Crippen molar-refractivity contribution in [2.75, 3.05) is 50.7 Å². The average molecular weight is 400 g/mol. The highest BCUT2D eigenvalue weighted by Gasteiger charge is 2.22. The van der Waals surface area contributed by atoms with Crippen LogP contribution in [0, 0.1) is 5.92 Å². The van der Waals surface area contributed by atoms with Crippen molar-refractivity contribution in [2.24, 2.45) is 10.9 Å². The largest absolute Gasteiger partial charge is 0.371 e. The number of guanidine groups is 1. The molecule has 0 saturated carbocycles. The second kappa shape index (κ2) is 11.7. The summed E-state index contributed by atoms with van der Waals surface area (Å²) >= 11 is 0. The van der Waals surface area contributed by atoms with E-state index in [0.717, 1.165) is 77.5 Å². The molecule has 0 bridgehead atoms. The zero-order valence-electron chi connectivity index (χ0n) is 17.9. The van der Waals surface area contributed by atoms with Crippen LogP contribution in [-0.2, 0) is 4.79 Å². The van der Waals surface area contributed by atoms with Crippen molar-refractivity contribution in [3.63, 3.8) is 0 Å². The minimum absolute atomic E-state index is 0.326. The first-order chi connectivity index (χ1) is 14.3. The summed E-state index contributed by atoms with van der Waals surface area (Å²) in [5.74, 6) is 1.82. The van der Waals surface area contributed by atoms with E-state index in [-0.39, 0.29) is 0 Å². The van der Waals surface area contributed by atoms with Gasteiger partial charge in [0.15, 0.2) is 5.96 Å². The topological polar surface area (TPSA) is 60.0 Å². The van der Waals surface area contributed by atoms with Crippen LogP contribution in [0.1, 0.15) is 45.4 Å². The van der Waals surface area contributed by atoms with Gasteiger partial charge in [-0.3, -0.25) is 9.79 Å². The number of nitrogens with zero attached hydrogens (tertiary/aromatic N) is 3. The zero-order valence-corrected chi connectivity index (χ0v) is 17.9. The van der Waals surface area contributed by atoms with Crippen LogP contribution in [-0.4, -0.2) is 62.6 Å². The van der Waals surface area contributed by atoms with Crippen molar-refractivity contribution < 1.29 is 4.79 Å². The number of amides is 1. The van der Waals surface area contributed by atoms with E-state index < -0.39 is 0 Å². The molecule has 6 heteroatoms. The van der Waals surface area contributed by atoms with Crippen LogP contribution >= 0.6 is 0 Å². The van der Waals surface area contributed by atoms with Gasteiger partial charge < -0.3 is 20.4 Å². The quantitative estimate of drug-likeness (QED) is 0.401. The summed E-state index contributed by atoms with van der Waals surface area (Å²) in [6, 6.07) is 10.7. The summed E-state index contributed by atoms with van der Waals surface area (Å²) in [5, 5.41) is 6.80. The summed E-state index contributed by atoms with van der Waals surface area (Å²) in [5.41, 5.74) is 1.31. The molecule has 2 N–H and O–H groups in total. The van der Waals surface area contributed by atoms with Gasteiger partial charge in [-0.25, -0.2) is 0 Å². The number of hydrogen-bond donors (Lipinski definition) is 2. The van der Waals surface area contributed by atoms with E-state index in [0.29, 0.717) is 11.8 Å². The molecule has 0 aromatic heterocycles. The summed E-state index contributed by atoms with van der Waals surface area (Å²) in [4.78, 5) is 21.4. The molecule has 1 amide bonds. The Morgan fingerprint density at radius 1 is 1.14 bits per heavy atom. The van der Waals surface area contributed by atoms with E-state index in [1.165, 1.54) is 18.5 Å². The molecular weight excluding hydrogens is 362 g/mol. The molecule has 0 radical (unpaired) electrons. The van der Waals surface area contributed by atoms with E-state index >= 15 is 0 Å². The number of benzene rings is 1. The average Bonchev–Trinajstić information content (AvgIpc) is 3.13. The third-order valence-electron chi connectivity index (χ3n) is 5.83. The molecule has 0 aliphatic carbocycles. The monoisotopic (exact) mass is 399 g/mol. The van der Waals surface area contributed by atoms with E-state index in [9.17, 15) is 4.79 Å². The normalized spacial score (nSPS) is 20.7. The number of anilines is 1. The minimum Gasteiger partial charge on any atom is -0.371 e. The van der Waals surface area contributed by atoms with Gasteiger partial charge in [-0.05, 0) is 50.7 Å². The Hall–Kier alpha value is -2.24. The zero-order chi connectivity index (χ0) is 20.3. The van der Waals surface area contributed by atoms with Crippen LogP contribution in [0.25, 0.3) is 0 Å². The molecule has 2 aliphatic rings. The maximum atomic E-state index is 12.1. The van der Waals surface area contributed by atoms with Crippen molar-refractivity contribution >= 4 is 17.6 Å². The molecule has 2 fully saturated rings. The third kappa shape index (κ3) is 6.94. The number of carbonyl (C=O) groups is 1. The van der Waals surface area contributed by atoms with Crippen LogP contribution in [0.15, 0.2) is 35.3 Å².